The minimum absolute atomic E-state index is 0.0225. The molecule has 0 spiro atoms. The summed E-state index contributed by atoms with van der Waals surface area (Å²) in [6.45, 7) is 0.323. The van der Waals surface area contributed by atoms with Crippen molar-refractivity contribution in [3.8, 4) is 0 Å². The molecule has 1 rings (SSSR count). The number of nitrogens with zero attached hydrogens (tertiary/aromatic N) is 1. The lowest BCUT2D eigenvalue weighted by atomic mass is 10.3. The van der Waals surface area contributed by atoms with Gasteiger partial charge in [-0.05, 0) is 12.8 Å². The van der Waals surface area contributed by atoms with Crippen molar-refractivity contribution in [2.75, 3.05) is 19.7 Å². The second-order valence-electron chi connectivity index (χ2n) is 3.36. The second-order valence-corrected chi connectivity index (χ2v) is 3.36. The largest absolute Gasteiger partial charge is 0.395 e. The molecule has 0 aromatic rings. The van der Waals surface area contributed by atoms with Crippen molar-refractivity contribution in [1.29, 1.82) is 0 Å². The van der Waals surface area contributed by atoms with E-state index >= 15 is 0 Å². The zero-order valence-corrected chi connectivity index (χ0v) is 7.35. The van der Waals surface area contributed by atoms with E-state index in [-0.39, 0.29) is 19.2 Å². The van der Waals surface area contributed by atoms with Gasteiger partial charge in [-0.3, -0.25) is 4.90 Å². The van der Waals surface area contributed by atoms with E-state index in [9.17, 15) is 13.2 Å². The normalized spacial score (nSPS) is 18.2. The first-order chi connectivity index (χ1) is 6.03. The predicted octanol–water partition coefficient (Wildman–Crippen LogP) is 1.40. The molecule has 1 fully saturated rings. The SMILES string of the molecule is OCCN(CCC(F)(F)F)C1CC1. The Kier molecular flexibility index (Phi) is 3.55. The molecule has 2 nitrogen and oxygen atoms in total. The third-order valence-electron chi connectivity index (χ3n) is 2.13. The van der Waals surface area contributed by atoms with Crippen LogP contribution in [0.5, 0.6) is 0 Å². The first kappa shape index (κ1) is 10.8. The van der Waals surface area contributed by atoms with Crippen LogP contribution in [0.4, 0.5) is 13.2 Å². The highest BCUT2D eigenvalue weighted by molar-refractivity contribution is 4.84. The zero-order valence-electron chi connectivity index (χ0n) is 7.35. The molecule has 0 heterocycles. The Morgan fingerprint density at radius 2 is 1.85 bits per heavy atom. The third kappa shape index (κ3) is 4.47. The Morgan fingerprint density at radius 3 is 2.23 bits per heavy atom. The lowest BCUT2D eigenvalue weighted by Crippen LogP contribution is -2.32. The summed E-state index contributed by atoms with van der Waals surface area (Å²) >= 11 is 0. The van der Waals surface area contributed by atoms with E-state index in [4.69, 9.17) is 5.11 Å². The van der Waals surface area contributed by atoms with Crippen molar-refractivity contribution in [1.82, 2.24) is 4.90 Å². The fourth-order valence-electron chi connectivity index (χ4n) is 1.32. The lowest BCUT2D eigenvalue weighted by molar-refractivity contribution is -0.138. The molecule has 0 aromatic carbocycles. The van der Waals surface area contributed by atoms with Gasteiger partial charge in [-0.25, -0.2) is 0 Å². The van der Waals surface area contributed by atoms with Crippen LogP contribution in [0.25, 0.3) is 0 Å². The number of hydrogen-bond acceptors (Lipinski definition) is 2. The van der Waals surface area contributed by atoms with E-state index in [2.05, 4.69) is 0 Å². The average molecular weight is 197 g/mol. The molecule has 1 saturated carbocycles. The maximum atomic E-state index is 11.9. The van der Waals surface area contributed by atoms with Crippen LogP contribution >= 0.6 is 0 Å². The van der Waals surface area contributed by atoms with Gasteiger partial charge in [0.05, 0.1) is 13.0 Å². The van der Waals surface area contributed by atoms with Gasteiger partial charge in [-0.1, -0.05) is 0 Å². The minimum Gasteiger partial charge on any atom is -0.395 e. The molecule has 0 radical (unpaired) electrons. The summed E-state index contributed by atoms with van der Waals surface area (Å²) in [4.78, 5) is 1.72. The third-order valence-corrected chi connectivity index (χ3v) is 2.13. The van der Waals surface area contributed by atoms with Crippen LogP contribution < -0.4 is 0 Å². The van der Waals surface area contributed by atoms with Gasteiger partial charge < -0.3 is 5.11 Å². The molecule has 13 heavy (non-hydrogen) atoms. The highest BCUT2D eigenvalue weighted by atomic mass is 19.4. The Bertz CT molecular complexity index is 156. The Labute approximate surface area is 75.3 Å². The highest BCUT2D eigenvalue weighted by Crippen LogP contribution is 2.28. The average Bonchev–Trinajstić information content (AvgIpc) is 2.78. The Balaban J connectivity index is 2.22. The standard InChI is InChI=1S/C8H14F3NO/c9-8(10,11)3-4-12(5-6-13)7-1-2-7/h7,13H,1-6H2. The van der Waals surface area contributed by atoms with E-state index in [0.29, 0.717) is 6.54 Å². The Morgan fingerprint density at radius 1 is 1.23 bits per heavy atom. The summed E-state index contributed by atoms with van der Waals surface area (Å²) in [6, 6.07) is 0.287. The van der Waals surface area contributed by atoms with Crippen LogP contribution in [0.1, 0.15) is 19.3 Å². The molecular formula is C8H14F3NO. The summed E-state index contributed by atoms with van der Waals surface area (Å²) in [6.07, 6.45) is -2.91. The van der Waals surface area contributed by atoms with Crippen molar-refractivity contribution >= 4 is 0 Å². The van der Waals surface area contributed by atoms with Crippen LogP contribution in [-0.4, -0.2) is 41.9 Å². The van der Waals surface area contributed by atoms with Crippen molar-refractivity contribution in [3.63, 3.8) is 0 Å². The number of rotatable bonds is 5. The van der Waals surface area contributed by atoms with Gasteiger partial charge in [0, 0.05) is 19.1 Å². The molecule has 0 bridgehead atoms. The van der Waals surface area contributed by atoms with Gasteiger partial charge in [0.15, 0.2) is 0 Å². The van der Waals surface area contributed by atoms with E-state index in [1.807, 2.05) is 0 Å². The summed E-state index contributed by atoms with van der Waals surface area (Å²) in [7, 11) is 0. The fourth-order valence-corrected chi connectivity index (χ4v) is 1.32. The van der Waals surface area contributed by atoms with Crippen LogP contribution in [0.3, 0.4) is 0 Å². The van der Waals surface area contributed by atoms with E-state index in [0.717, 1.165) is 12.8 Å². The van der Waals surface area contributed by atoms with Gasteiger partial charge in [-0.2, -0.15) is 13.2 Å². The maximum absolute atomic E-state index is 11.9. The number of alkyl halides is 3. The minimum atomic E-state index is -4.08. The van der Waals surface area contributed by atoms with Crippen molar-refractivity contribution in [2.45, 2.75) is 31.5 Å². The summed E-state index contributed by atoms with van der Waals surface area (Å²) in [5.41, 5.74) is 0. The van der Waals surface area contributed by atoms with Gasteiger partial charge in [0.1, 0.15) is 0 Å². The summed E-state index contributed by atoms with van der Waals surface area (Å²) < 4.78 is 35.6. The van der Waals surface area contributed by atoms with Gasteiger partial charge in [0.25, 0.3) is 0 Å². The number of aliphatic hydroxyl groups is 1. The van der Waals surface area contributed by atoms with Crippen molar-refractivity contribution < 1.29 is 18.3 Å². The van der Waals surface area contributed by atoms with Crippen LogP contribution in [-0.2, 0) is 0 Å². The van der Waals surface area contributed by atoms with E-state index in [1.165, 1.54) is 0 Å². The van der Waals surface area contributed by atoms with Gasteiger partial charge in [0.2, 0.25) is 0 Å². The van der Waals surface area contributed by atoms with Crippen LogP contribution in [0.2, 0.25) is 0 Å². The monoisotopic (exact) mass is 197 g/mol. The molecule has 1 aliphatic carbocycles. The summed E-state index contributed by atoms with van der Waals surface area (Å²) in [5.74, 6) is 0. The Hall–Kier alpha value is -0.290. The van der Waals surface area contributed by atoms with Gasteiger partial charge in [-0.15, -0.1) is 0 Å². The second kappa shape index (κ2) is 4.28. The first-order valence-corrected chi connectivity index (χ1v) is 4.44. The summed E-state index contributed by atoms with van der Waals surface area (Å²) in [5, 5.41) is 8.62. The molecule has 0 atom stereocenters. The molecular weight excluding hydrogens is 183 g/mol. The fraction of sp³-hybridized carbons (Fsp3) is 1.00. The predicted molar refractivity (Wildman–Crippen MR) is 42.4 cm³/mol. The van der Waals surface area contributed by atoms with Crippen LogP contribution in [0.15, 0.2) is 0 Å². The number of hydrogen-bond donors (Lipinski definition) is 1. The highest BCUT2D eigenvalue weighted by Gasteiger charge is 2.33. The van der Waals surface area contributed by atoms with Crippen molar-refractivity contribution in [3.05, 3.63) is 0 Å². The lowest BCUT2D eigenvalue weighted by Gasteiger charge is -2.21. The molecule has 0 amide bonds. The smallest absolute Gasteiger partial charge is 0.390 e. The van der Waals surface area contributed by atoms with Crippen LogP contribution in [0, 0.1) is 0 Å². The first-order valence-electron chi connectivity index (χ1n) is 4.44. The quantitative estimate of drug-likeness (QED) is 0.720. The molecule has 0 aromatic heterocycles. The van der Waals surface area contributed by atoms with Gasteiger partial charge >= 0.3 is 6.18 Å². The van der Waals surface area contributed by atoms with Crippen molar-refractivity contribution in [2.24, 2.45) is 0 Å². The maximum Gasteiger partial charge on any atom is 0.390 e. The number of halogens is 3. The topological polar surface area (TPSA) is 23.5 Å². The molecule has 1 N–H and O–H groups in total. The molecule has 5 heteroatoms. The molecule has 0 aliphatic heterocycles. The number of aliphatic hydroxyl groups excluding tert-OH is 1. The molecule has 0 unspecified atom stereocenters. The van der Waals surface area contributed by atoms with E-state index in [1.54, 1.807) is 4.90 Å². The molecule has 78 valence electrons. The molecule has 0 saturated heterocycles. The zero-order chi connectivity index (χ0) is 9.90. The molecule has 1 aliphatic rings. The van der Waals surface area contributed by atoms with E-state index < -0.39 is 12.6 Å².